The molecule has 0 bridgehead atoms. The molecule has 0 aromatic carbocycles. The summed E-state index contributed by atoms with van der Waals surface area (Å²) < 4.78 is 15.4. The summed E-state index contributed by atoms with van der Waals surface area (Å²) >= 11 is 1.74. The third kappa shape index (κ3) is 41.5. The van der Waals surface area contributed by atoms with E-state index in [0.29, 0.717) is 12.8 Å². The monoisotopic (exact) mass is 823 g/mol. The van der Waals surface area contributed by atoms with E-state index in [1.165, 1.54) is 154 Å². The molecule has 0 aliphatic heterocycles. The highest BCUT2D eigenvalue weighted by Crippen LogP contribution is 2.19. The molecule has 0 aromatic heterocycles. The first-order chi connectivity index (χ1) is 28.0. The second-order valence-electron chi connectivity index (χ2n) is 17.0. The molecule has 0 aliphatic carbocycles. The van der Waals surface area contributed by atoms with Crippen LogP contribution in [0.4, 0.5) is 0 Å². The smallest absolute Gasteiger partial charge is 0.306 e. The Balaban J connectivity index is 4.37. The van der Waals surface area contributed by atoms with E-state index in [4.69, 9.17) is 9.47 Å². The van der Waals surface area contributed by atoms with Gasteiger partial charge < -0.3 is 14.4 Å². The van der Waals surface area contributed by atoms with E-state index >= 15 is 0 Å². The van der Waals surface area contributed by atoms with Crippen LogP contribution in [0.5, 0.6) is 0 Å². The second-order valence-corrected chi connectivity index (χ2v) is 17.9. The van der Waals surface area contributed by atoms with Gasteiger partial charge in [0.1, 0.15) is 12.2 Å². The van der Waals surface area contributed by atoms with Crippen molar-refractivity contribution in [2.45, 2.75) is 265 Å². The van der Waals surface area contributed by atoms with E-state index in [1.807, 2.05) is 6.08 Å². The van der Waals surface area contributed by atoms with Crippen molar-refractivity contribution in [1.82, 2.24) is 9.62 Å². The summed E-state index contributed by atoms with van der Waals surface area (Å²) in [5.41, 5.74) is 0. The standard InChI is InChI=1S/C50H98N2O4S/c1-6-11-14-17-22-29-37-47(10-5)55-49(53)40-32-25-20-27-34-43-52(45-36-42-51-57-46-9-4)44-35-28-21-26-33-41-50(54)56-48(38-30-23-18-15-12-7-2)39-31-24-19-16-13-8-3/h9,47-48,51H,4,6-8,10-46H2,1-3,5H3. The van der Waals surface area contributed by atoms with Crippen molar-refractivity contribution in [2.24, 2.45) is 0 Å². The van der Waals surface area contributed by atoms with Gasteiger partial charge >= 0.3 is 11.9 Å². The molecular weight excluding hydrogens is 725 g/mol. The predicted octanol–water partition coefficient (Wildman–Crippen LogP) is 15.3. The summed E-state index contributed by atoms with van der Waals surface area (Å²) in [5.74, 6) is 0.980. The summed E-state index contributed by atoms with van der Waals surface area (Å²) in [6.07, 6.45) is 43.1. The van der Waals surface area contributed by atoms with Crippen molar-refractivity contribution in [2.75, 3.05) is 31.9 Å². The number of rotatable bonds is 47. The molecular formula is C50H98N2O4S. The third-order valence-corrected chi connectivity index (χ3v) is 12.3. The van der Waals surface area contributed by atoms with Gasteiger partial charge in [-0.2, -0.15) is 0 Å². The maximum absolute atomic E-state index is 12.8. The zero-order valence-electron chi connectivity index (χ0n) is 38.7. The van der Waals surface area contributed by atoms with Crippen molar-refractivity contribution in [3.8, 4) is 0 Å². The van der Waals surface area contributed by atoms with Crippen molar-refractivity contribution < 1.29 is 19.1 Å². The number of carbonyl (C=O) groups excluding carboxylic acids is 2. The second kappa shape index (κ2) is 46.0. The van der Waals surface area contributed by atoms with Gasteiger partial charge in [-0.1, -0.05) is 181 Å². The van der Waals surface area contributed by atoms with Crippen LogP contribution in [-0.4, -0.2) is 61.0 Å². The molecule has 0 spiro atoms. The lowest BCUT2D eigenvalue weighted by molar-refractivity contribution is -0.150. The highest BCUT2D eigenvalue weighted by Gasteiger charge is 2.15. The molecule has 6 nitrogen and oxygen atoms in total. The molecule has 0 rings (SSSR count). The number of esters is 2. The van der Waals surface area contributed by atoms with Gasteiger partial charge in [-0.25, -0.2) is 0 Å². The van der Waals surface area contributed by atoms with Gasteiger partial charge in [0, 0.05) is 25.1 Å². The number of hydrogen-bond donors (Lipinski definition) is 1. The highest BCUT2D eigenvalue weighted by atomic mass is 32.2. The fraction of sp³-hybridized carbons (Fsp3) is 0.920. The molecule has 0 heterocycles. The lowest BCUT2D eigenvalue weighted by Crippen LogP contribution is -2.29. The largest absolute Gasteiger partial charge is 0.462 e. The Bertz CT molecular complexity index is 842. The van der Waals surface area contributed by atoms with E-state index in [1.54, 1.807) is 11.9 Å². The van der Waals surface area contributed by atoms with Crippen molar-refractivity contribution in [3.63, 3.8) is 0 Å². The zero-order valence-corrected chi connectivity index (χ0v) is 39.5. The number of nitrogens with zero attached hydrogens (tertiary/aromatic N) is 1. The Morgan fingerprint density at radius 1 is 0.509 bits per heavy atom. The molecule has 0 saturated heterocycles. The Morgan fingerprint density at radius 3 is 1.32 bits per heavy atom. The molecule has 338 valence electrons. The minimum absolute atomic E-state index is 0.00467. The van der Waals surface area contributed by atoms with Crippen molar-refractivity contribution in [3.05, 3.63) is 12.7 Å². The molecule has 1 unspecified atom stereocenters. The van der Waals surface area contributed by atoms with Crippen LogP contribution in [-0.2, 0) is 19.1 Å². The van der Waals surface area contributed by atoms with Crippen molar-refractivity contribution in [1.29, 1.82) is 0 Å². The van der Waals surface area contributed by atoms with Crippen LogP contribution >= 0.6 is 11.9 Å². The van der Waals surface area contributed by atoms with E-state index < -0.39 is 0 Å². The molecule has 1 atom stereocenters. The normalized spacial score (nSPS) is 12.1. The molecule has 57 heavy (non-hydrogen) atoms. The molecule has 0 aromatic rings. The Labute approximate surface area is 360 Å². The minimum Gasteiger partial charge on any atom is -0.462 e. The van der Waals surface area contributed by atoms with Crippen LogP contribution in [0.1, 0.15) is 252 Å². The minimum atomic E-state index is 0.00467. The number of nitrogens with one attached hydrogen (secondary N) is 1. The average molecular weight is 823 g/mol. The highest BCUT2D eigenvalue weighted by molar-refractivity contribution is 7.97. The maximum atomic E-state index is 12.8. The fourth-order valence-corrected chi connectivity index (χ4v) is 8.25. The van der Waals surface area contributed by atoms with E-state index in [0.717, 1.165) is 89.7 Å². The van der Waals surface area contributed by atoms with Gasteiger partial charge in [0.15, 0.2) is 0 Å². The molecule has 0 aliphatic rings. The summed E-state index contributed by atoms with van der Waals surface area (Å²) in [6, 6.07) is 0. The summed E-state index contributed by atoms with van der Waals surface area (Å²) in [5, 5.41) is 0. The lowest BCUT2D eigenvalue weighted by Gasteiger charge is -2.22. The topological polar surface area (TPSA) is 67.9 Å². The van der Waals surface area contributed by atoms with Gasteiger partial charge in [0.05, 0.1) is 0 Å². The third-order valence-electron chi connectivity index (χ3n) is 11.5. The molecule has 1 N–H and O–H groups in total. The first-order valence-electron chi connectivity index (χ1n) is 25.1. The summed E-state index contributed by atoms with van der Waals surface area (Å²) in [7, 11) is 0. The number of carbonyl (C=O) groups is 2. The van der Waals surface area contributed by atoms with Crippen LogP contribution in [0, 0.1) is 0 Å². The van der Waals surface area contributed by atoms with Crippen molar-refractivity contribution >= 4 is 23.9 Å². The van der Waals surface area contributed by atoms with E-state index in [-0.39, 0.29) is 24.1 Å². The molecule has 0 fully saturated rings. The predicted molar refractivity (Wildman–Crippen MR) is 251 cm³/mol. The number of unbranched alkanes of at least 4 members (excludes halogenated alkanes) is 23. The molecule has 0 saturated carbocycles. The summed E-state index contributed by atoms with van der Waals surface area (Å²) in [4.78, 5) is 28.0. The van der Waals surface area contributed by atoms with Crippen LogP contribution in [0.2, 0.25) is 0 Å². The molecule has 0 amide bonds. The zero-order chi connectivity index (χ0) is 41.7. The quantitative estimate of drug-likeness (QED) is 0.0284. The van der Waals surface area contributed by atoms with Gasteiger partial charge in [-0.15, -0.1) is 6.58 Å². The average Bonchev–Trinajstić information content (AvgIpc) is 3.21. The van der Waals surface area contributed by atoms with E-state index in [2.05, 4.69) is 43.9 Å². The first-order valence-corrected chi connectivity index (χ1v) is 26.1. The van der Waals surface area contributed by atoms with Crippen LogP contribution < -0.4 is 4.72 Å². The van der Waals surface area contributed by atoms with Crippen LogP contribution in [0.15, 0.2) is 12.7 Å². The maximum Gasteiger partial charge on any atom is 0.306 e. The van der Waals surface area contributed by atoms with Gasteiger partial charge in [-0.3, -0.25) is 14.3 Å². The van der Waals surface area contributed by atoms with Gasteiger partial charge in [-0.05, 0) is 96.7 Å². The molecule has 7 heteroatoms. The SMILES string of the molecule is C=CCSNCCCN(CCCCCCCC(=O)OC(CC)CCCCCCCC)CCCCCCCC(=O)OC(CCCCCCCC)CCCCCCCC. The van der Waals surface area contributed by atoms with E-state index in [9.17, 15) is 9.59 Å². The van der Waals surface area contributed by atoms with Crippen LogP contribution in [0.25, 0.3) is 0 Å². The first kappa shape index (κ1) is 55.9. The number of hydrogen-bond acceptors (Lipinski definition) is 7. The summed E-state index contributed by atoms with van der Waals surface area (Å²) in [6.45, 7) is 17.2. The molecule has 0 radical (unpaired) electrons. The van der Waals surface area contributed by atoms with Crippen LogP contribution in [0.3, 0.4) is 0 Å². The van der Waals surface area contributed by atoms with Gasteiger partial charge in [0.2, 0.25) is 0 Å². The Morgan fingerprint density at radius 2 is 0.877 bits per heavy atom. The fourth-order valence-electron chi connectivity index (χ4n) is 7.73. The lowest BCUT2D eigenvalue weighted by atomic mass is 10.0. The Hall–Kier alpha value is -1.05. The van der Waals surface area contributed by atoms with Gasteiger partial charge in [0.25, 0.3) is 0 Å². The Kier molecular flexibility index (Phi) is 45.2. The number of ether oxygens (including phenoxy) is 2.